The van der Waals surface area contributed by atoms with Crippen LogP contribution in [0.3, 0.4) is 0 Å². The van der Waals surface area contributed by atoms with Crippen molar-refractivity contribution in [3.05, 3.63) is 29.8 Å². The van der Waals surface area contributed by atoms with Gasteiger partial charge in [-0.2, -0.15) is 0 Å². The van der Waals surface area contributed by atoms with E-state index in [1.54, 1.807) is 28.0 Å². The minimum atomic E-state index is -0.893. The lowest BCUT2D eigenvalue weighted by Crippen LogP contribution is -2.54. The van der Waals surface area contributed by atoms with Gasteiger partial charge in [0.25, 0.3) is 5.91 Å². The fourth-order valence-electron chi connectivity index (χ4n) is 3.55. The van der Waals surface area contributed by atoms with Crippen molar-refractivity contribution in [2.75, 3.05) is 32.8 Å². The SMILES string of the molecule is CCOc1ccccc1C(=O)N1CCN(C(=O)C2CCC2C(=O)O)CC1. The van der Waals surface area contributed by atoms with Crippen molar-refractivity contribution in [3.63, 3.8) is 0 Å². The second-order valence-electron chi connectivity index (χ2n) is 6.68. The van der Waals surface area contributed by atoms with E-state index in [0.29, 0.717) is 56.9 Å². The molecule has 0 bridgehead atoms. The Balaban J connectivity index is 1.59. The van der Waals surface area contributed by atoms with Crippen LogP contribution in [0.1, 0.15) is 30.1 Å². The van der Waals surface area contributed by atoms with E-state index in [4.69, 9.17) is 9.84 Å². The highest BCUT2D eigenvalue weighted by Gasteiger charge is 2.43. The molecule has 26 heavy (non-hydrogen) atoms. The lowest BCUT2D eigenvalue weighted by molar-refractivity contribution is -0.157. The van der Waals surface area contributed by atoms with Crippen molar-refractivity contribution in [1.82, 2.24) is 9.80 Å². The first-order valence-corrected chi connectivity index (χ1v) is 9.05. The summed E-state index contributed by atoms with van der Waals surface area (Å²) < 4.78 is 5.53. The van der Waals surface area contributed by atoms with E-state index in [0.717, 1.165) is 0 Å². The number of carboxylic acid groups (broad SMARTS) is 1. The zero-order valence-corrected chi connectivity index (χ0v) is 14.9. The standard InChI is InChI=1S/C19H24N2O5/c1-2-26-16-6-4-3-5-15(16)18(23)21-11-9-20(10-12-21)17(22)13-7-8-14(13)19(24)25/h3-6,13-14H,2,7-12H2,1H3,(H,24,25). The molecule has 1 aliphatic heterocycles. The highest BCUT2D eigenvalue weighted by Crippen LogP contribution is 2.36. The fourth-order valence-corrected chi connectivity index (χ4v) is 3.55. The van der Waals surface area contributed by atoms with Crippen molar-refractivity contribution in [2.24, 2.45) is 11.8 Å². The van der Waals surface area contributed by atoms with Crippen molar-refractivity contribution < 1.29 is 24.2 Å². The van der Waals surface area contributed by atoms with E-state index in [1.165, 1.54) is 0 Å². The lowest BCUT2D eigenvalue weighted by atomic mass is 9.73. The molecule has 1 aromatic carbocycles. The highest BCUT2D eigenvalue weighted by atomic mass is 16.5. The van der Waals surface area contributed by atoms with Crippen molar-refractivity contribution >= 4 is 17.8 Å². The summed E-state index contributed by atoms with van der Waals surface area (Å²) >= 11 is 0. The number of carboxylic acids is 1. The Morgan fingerprint density at radius 2 is 1.65 bits per heavy atom. The summed E-state index contributed by atoms with van der Waals surface area (Å²) in [6, 6.07) is 7.16. The molecule has 2 aliphatic rings. The van der Waals surface area contributed by atoms with E-state index in [1.807, 2.05) is 13.0 Å². The minimum Gasteiger partial charge on any atom is -0.493 e. The Bertz CT molecular complexity index is 697. The predicted molar refractivity (Wildman–Crippen MR) is 93.9 cm³/mol. The van der Waals surface area contributed by atoms with Gasteiger partial charge < -0.3 is 19.6 Å². The van der Waals surface area contributed by atoms with Crippen LogP contribution in [-0.2, 0) is 9.59 Å². The summed E-state index contributed by atoms with van der Waals surface area (Å²) in [6.07, 6.45) is 1.20. The predicted octanol–water partition coefficient (Wildman–Crippen LogP) is 1.48. The van der Waals surface area contributed by atoms with Gasteiger partial charge in [0, 0.05) is 26.2 Å². The Hall–Kier alpha value is -2.57. The number of amides is 2. The molecule has 3 rings (SSSR count). The first-order valence-electron chi connectivity index (χ1n) is 9.05. The number of hydrogen-bond donors (Lipinski definition) is 1. The monoisotopic (exact) mass is 360 g/mol. The van der Waals surface area contributed by atoms with Gasteiger partial charge in [0.15, 0.2) is 0 Å². The molecule has 0 radical (unpaired) electrons. The van der Waals surface area contributed by atoms with Gasteiger partial charge in [-0.05, 0) is 31.9 Å². The van der Waals surface area contributed by atoms with Gasteiger partial charge in [-0.25, -0.2) is 0 Å². The summed E-state index contributed by atoms with van der Waals surface area (Å²) in [5.41, 5.74) is 0.527. The maximum atomic E-state index is 12.8. The van der Waals surface area contributed by atoms with Crippen LogP contribution < -0.4 is 4.74 Å². The molecule has 2 amide bonds. The maximum absolute atomic E-state index is 12.8. The topological polar surface area (TPSA) is 87.2 Å². The zero-order valence-electron chi connectivity index (χ0n) is 14.9. The molecule has 0 spiro atoms. The van der Waals surface area contributed by atoms with Crippen LogP contribution in [0.4, 0.5) is 0 Å². The average Bonchev–Trinajstić information content (AvgIpc) is 2.60. The average molecular weight is 360 g/mol. The highest BCUT2D eigenvalue weighted by molar-refractivity contribution is 5.97. The van der Waals surface area contributed by atoms with Crippen LogP contribution in [-0.4, -0.2) is 65.5 Å². The van der Waals surface area contributed by atoms with Crippen LogP contribution in [0.25, 0.3) is 0 Å². The summed E-state index contributed by atoms with van der Waals surface area (Å²) in [4.78, 5) is 39.8. The molecule has 1 N–H and O–H groups in total. The summed E-state index contributed by atoms with van der Waals surface area (Å²) in [5.74, 6) is -1.49. The molecule has 0 aromatic heterocycles. The van der Waals surface area contributed by atoms with Gasteiger partial charge in [0.1, 0.15) is 5.75 Å². The van der Waals surface area contributed by atoms with Gasteiger partial charge in [-0.15, -0.1) is 0 Å². The first kappa shape index (κ1) is 18.2. The van der Waals surface area contributed by atoms with E-state index >= 15 is 0 Å². The lowest BCUT2D eigenvalue weighted by Gasteiger charge is -2.40. The molecular formula is C19H24N2O5. The van der Waals surface area contributed by atoms with Gasteiger partial charge in [-0.1, -0.05) is 12.1 Å². The molecule has 1 aliphatic carbocycles. The Morgan fingerprint density at radius 1 is 1.04 bits per heavy atom. The second kappa shape index (κ2) is 7.76. The fraction of sp³-hybridized carbons (Fsp3) is 0.526. The number of benzene rings is 1. The van der Waals surface area contributed by atoms with Gasteiger partial charge >= 0.3 is 5.97 Å². The molecule has 1 saturated carbocycles. The van der Waals surface area contributed by atoms with Crippen LogP contribution in [0, 0.1) is 11.8 Å². The number of piperazine rings is 1. The van der Waals surface area contributed by atoms with E-state index in [-0.39, 0.29) is 11.8 Å². The van der Waals surface area contributed by atoms with E-state index in [9.17, 15) is 14.4 Å². The summed E-state index contributed by atoms with van der Waals surface area (Å²) in [7, 11) is 0. The normalized spacial score (nSPS) is 22.5. The van der Waals surface area contributed by atoms with Crippen molar-refractivity contribution in [3.8, 4) is 5.75 Å². The Morgan fingerprint density at radius 3 is 2.23 bits per heavy atom. The van der Waals surface area contributed by atoms with Crippen LogP contribution >= 0.6 is 0 Å². The molecule has 2 fully saturated rings. The van der Waals surface area contributed by atoms with Crippen LogP contribution in [0.2, 0.25) is 0 Å². The maximum Gasteiger partial charge on any atom is 0.307 e. The third-order valence-electron chi connectivity index (χ3n) is 5.20. The number of para-hydroxylation sites is 1. The largest absolute Gasteiger partial charge is 0.493 e. The molecule has 1 heterocycles. The molecule has 7 heteroatoms. The molecule has 2 atom stereocenters. The molecule has 140 valence electrons. The number of aliphatic carboxylic acids is 1. The number of ether oxygens (including phenoxy) is 1. The third-order valence-corrected chi connectivity index (χ3v) is 5.20. The number of carbonyl (C=O) groups excluding carboxylic acids is 2. The van der Waals surface area contributed by atoms with E-state index < -0.39 is 17.8 Å². The van der Waals surface area contributed by atoms with Crippen LogP contribution in [0.15, 0.2) is 24.3 Å². The van der Waals surface area contributed by atoms with Gasteiger partial charge in [0.2, 0.25) is 5.91 Å². The quantitative estimate of drug-likeness (QED) is 0.859. The molecule has 1 aromatic rings. The molecule has 7 nitrogen and oxygen atoms in total. The molecule has 2 unspecified atom stereocenters. The second-order valence-corrected chi connectivity index (χ2v) is 6.68. The zero-order chi connectivity index (χ0) is 18.7. The molecular weight excluding hydrogens is 336 g/mol. The minimum absolute atomic E-state index is 0.0922. The van der Waals surface area contributed by atoms with Crippen molar-refractivity contribution in [1.29, 1.82) is 0 Å². The first-order chi connectivity index (χ1) is 12.5. The summed E-state index contributed by atoms with van der Waals surface area (Å²) in [5, 5.41) is 9.13. The molecule has 1 saturated heterocycles. The van der Waals surface area contributed by atoms with Crippen molar-refractivity contribution in [2.45, 2.75) is 19.8 Å². The number of carbonyl (C=O) groups is 3. The Kier molecular flexibility index (Phi) is 5.44. The number of nitrogens with zero attached hydrogens (tertiary/aromatic N) is 2. The van der Waals surface area contributed by atoms with Gasteiger partial charge in [-0.3, -0.25) is 14.4 Å². The summed E-state index contributed by atoms with van der Waals surface area (Å²) in [6.45, 7) is 4.11. The van der Waals surface area contributed by atoms with Crippen LogP contribution in [0.5, 0.6) is 5.75 Å². The smallest absolute Gasteiger partial charge is 0.307 e. The number of hydrogen-bond acceptors (Lipinski definition) is 4. The third kappa shape index (κ3) is 3.52. The van der Waals surface area contributed by atoms with Gasteiger partial charge in [0.05, 0.1) is 24.0 Å². The number of rotatable bonds is 5. The Labute approximate surface area is 152 Å². The van der Waals surface area contributed by atoms with E-state index in [2.05, 4.69) is 0 Å².